The van der Waals surface area contributed by atoms with Crippen LogP contribution in [-0.2, 0) is 13.0 Å². The van der Waals surface area contributed by atoms with Crippen LogP contribution in [0.1, 0.15) is 24.9 Å². The average molecular weight is 259 g/mol. The quantitative estimate of drug-likeness (QED) is 0.527. The van der Waals surface area contributed by atoms with Crippen molar-refractivity contribution in [2.45, 2.75) is 26.3 Å². The van der Waals surface area contributed by atoms with Crippen molar-refractivity contribution in [2.75, 3.05) is 10.7 Å². The highest BCUT2D eigenvalue weighted by molar-refractivity contribution is 5.47. The molecular weight excluding hydrogens is 242 g/mol. The predicted octanol–water partition coefficient (Wildman–Crippen LogP) is 1.12. The van der Waals surface area contributed by atoms with Crippen molar-refractivity contribution in [3.63, 3.8) is 0 Å². The maximum absolute atomic E-state index is 5.40. The van der Waals surface area contributed by atoms with Gasteiger partial charge in [-0.1, -0.05) is 6.92 Å². The van der Waals surface area contributed by atoms with Crippen molar-refractivity contribution in [1.29, 1.82) is 0 Å². The fraction of sp³-hybridized carbons (Fsp3) is 0.333. The number of hydrogen-bond acceptors (Lipinski definition) is 7. The maximum Gasteiger partial charge on any atom is 0.145 e. The molecule has 19 heavy (non-hydrogen) atoms. The maximum atomic E-state index is 5.40. The number of nitrogens with zero attached hydrogens (tertiary/aromatic N) is 4. The lowest BCUT2D eigenvalue weighted by Gasteiger charge is -2.08. The van der Waals surface area contributed by atoms with E-state index in [1.807, 2.05) is 12.1 Å². The van der Waals surface area contributed by atoms with E-state index in [0.29, 0.717) is 12.4 Å². The third-order valence-electron chi connectivity index (χ3n) is 2.47. The number of rotatable bonds is 6. The van der Waals surface area contributed by atoms with Crippen LogP contribution in [-0.4, -0.2) is 20.2 Å². The molecule has 100 valence electrons. The molecule has 0 bridgehead atoms. The first kappa shape index (κ1) is 13.2. The molecule has 2 heterocycles. The summed E-state index contributed by atoms with van der Waals surface area (Å²) in [4.78, 5) is 8.70. The van der Waals surface area contributed by atoms with Gasteiger partial charge in [0, 0.05) is 18.7 Å². The Morgan fingerprint density at radius 3 is 2.79 bits per heavy atom. The van der Waals surface area contributed by atoms with Gasteiger partial charge in [0.05, 0.1) is 12.2 Å². The number of aryl methyl sites for hydroxylation is 1. The average Bonchev–Trinajstić information content (AvgIpc) is 2.46. The lowest BCUT2D eigenvalue weighted by molar-refractivity contribution is 0.832. The molecule has 7 heteroatoms. The Kier molecular flexibility index (Phi) is 4.57. The van der Waals surface area contributed by atoms with E-state index in [-0.39, 0.29) is 0 Å². The van der Waals surface area contributed by atoms with E-state index in [1.165, 1.54) is 0 Å². The van der Waals surface area contributed by atoms with Crippen LogP contribution < -0.4 is 16.6 Å². The third kappa shape index (κ3) is 3.85. The van der Waals surface area contributed by atoms with E-state index in [1.54, 1.807) is 12.3 Å². The second kappa shape index (κ2) is 6.60. The molecule has 7 nitrogen and oxygen atoms in total. The summed E-state index contributed by atoms with van der Waals surface area (Å²) >= 11 is 0. The van der Waals surface area contributed by atoms with Gasteiger partial charge in [0.1, 0.15) is 17.5 Å². The Bertz CT molecular complexity index is 515. The minimum absolute atomic E-state index is 0.556. The first-order valence-electron chi connectivity index (χ1n) is 6.17. The monoisotopic (exact) mass is 259 g/mol. The number of nitrogen functional groups attached to an aromatic ring is 1. The number of nitrogens with two attached hydrogens (primary N) is 1. The van der Waals surface area contributed by atoms with Crippen molar-refractivity contribution in [3.8, 4) is 0 Å². The fourth-order valence-corrected chi connectivity index (χ4v) is 1.61. The molecule has 0 unspecified atom stereocenters. The first-order valence-corrected chi connectivity index (χ1v) is 6.17. The van der Waals surface area contributed by atoms with Gasteiger partial charge in [0.2, 0.25) is 0 Å². The van der Waals surface area contributed by atoms with Gasteiger partial charge in [-0.25, -0.2) is 15.8 Å². The first-order chi connectivity index (χ1) is 9.31. The van der Waals surface area contributed by atoms with E-state index in [9.17, 15) is 0 Å². The van der Waals surface area contributed by atoms with Crippen molar-refractivity contribution in [1.82, 2.24) is 20.2 Å². The van der Waals surface area contributed by atoms with Crippen molar-refractivity contribution in [3.05, 3.63) is 35.9 Å². The van der Waals surface area contributed by atoms with Crippen LogP contribution in [0, 0.1) is 0 Å². The standard InChI is InChI=1S/C12H17N7/c1-2-4-10-16-11(7-12(17-10)18-13)14-8-9-5-3-6-15-19-9/h3,5-7H,2,4,8,13H2,1H3,(H2,14,16,17,18). The van der Waals surface area contributed by atoms with Gasteiger partial charge in [-0.05, 0) is 18.6 Å². The lowest BCUT2D eigenvalue weighted by Crippen LogP contribution is -2.12. The summed E-state index contributed by atoms with van der Waals surface area (Å²) in [6, 6.07) is 5.51. The van der Waals surface area contributed by atoms with Gasteiger partial charge in [-0.2, -0.15) is 10.2 Å². The van der Waals surface area contributed by atoms with Gasteiger partial charge in [0.25, 0.3) is 0 Å². The molecule has 2 rings (SSSR count). The second-order valence-corrected chi connectivity index (χ2v) is 4.02. The Morgan fingerprint density at radius 2 is 2.11 bits per heavy atom. The molecular formula is C12H17N7. The van der Waals surface area contributed by atoms with E-state index in [4.69, 9.17) is 5.84 Å². The number of aromatic nitrogens is 4. The molecule has 0 atom stereocenters. The summed E-state index contributed by atoms with van der Waals surface area (Å²) < 4.78 is 0. The van der Waals surface area contributed by atoms with Gasteiger partial charge < -0.3 is 10.7 Å². The Labute approximate surface area is 111 Å². The van der Waals surface area contributed by atoms with E-state index in [0.717, 1.165) is 30.2 Å². The lowest BCUT2D eigenvalue weighted by atomic mass is 10.3. The molecule has 2 aromatic rings. The summed E-state index contributed by atoms with van der Waals surface area (Å²) in [6.07, 6.45) is 3.44. The molecule has 0 aromatic carbocycles. The highest BCUT2D eigenvalue weighted by Crippen LogP contribution is 2.12. The van der Waals surface area contributed by atoms with Crippen molar-refractivity contribution >= 4 is 11.6 Å². The van der Waals surface area contributed by atoms with Gasteiger partial charge in [-0.3, -0.25) is 0 Å². The van der Waals surface area contributed by atoms with Gasteiger partial charge >= 0.3 is 0 Å². The topological polar surface area (TPSA) is 102 Å². The molecule has 0 aliphatic rings. The minimum Gasteiger partial charge on any atom is -0.364 e. The molecule has 0 saturated heterocycles. The normalized spacial score (nSPS) is 10.2. The Morgan fingerprint density at radius 1 is 1.26 bits per heavy atom. The molecule has 0 aliphatic carbocycles. The van der Waals surface area contributed by atoms with E-state index in [2.05, 4.69) is 37.8 Å². The summed E-state index contributed by atoms with van der Waals surface area (Å²) in [5, 5.41) is 11.0. The fourth-order valence-electron chi connectivity index (χ4n) is 1.61. The Hall–Kier alpha value is -2.28. The smallest absolute Gasteiger partial charge is 0.145 e. The van der Waals surface area contributed by atoms with Gasteiger partial charge in [-0.15, -0.1) is 0 Å². The van der Waals surface area contributed by atoms with Crippen LogP contribution in [0.2, 0.25) is 0 Å². The SMILES string of the molecule is CCCc1nc(NN)cc(NCc2cccnn2)n1. The van der Waals surface area contributed by atoms with Crippen LogP contribution in [0.3, 0.4) is 0 Å². The zero-order chi connectivity index (χ0) is 13.5. The number of hydrogen-bond donors (Lipinski definition) is 3. The van der Waals surface area contributed by atoms with E-state index >= 15 is 0 Å². The van der Waals surface area contributed by atoms with Crippen molar-refractivity contribution < 1.29 is 0 Å². The minimum atomic E-state index is 0.556. The molecule has 0 radical (unpaired) electrons. The summed E-state index contributed by atoms with van der Waals surface area (Å²) in [5.41, 5.74) is 3.39. The number of nitrogens with one attached hydrogen (secondary N) is 2. The predicted molar refractivity (Wildman–Crippen MR) is 73.2 cm³/mol. The molecule has 0 saturated carbocycles. The summed E-state index contributed by atoms with van der Waals surface area (Å²) in [6.45, 7) is 2.64. The number of anilines is 2. The van der Waals surface area contributed by atoms with Crippen LogP contribution in [0.25, 0.3) is 0 Å². The Balaban J connectivity index is 2.08. The van der Waals surface area contributed by atoms with Crippen LogP contribution in [0.5, 0.6) is 0 Å². The third-order valence-corrected chi connectivity index (χ3v) is 2.47. The van der Waals surface area contributed by atoms with Crippen molar-refractivity contribution in [2.24, 2.45) is 5.84 Å². The van der Waals surface area contributed by atoms with E-state index < -0.39 is 0 Å². The van der Waals surface area contributed by atoms with Crippen LogP contribution in [0.4, 0.5) is 11.6 Å². The summed E-state index contributed by atoms with van der Waals surface area (Å²) in [5.74, 6) is 7.48. The molecule has 2 aromatic heterocycles. The molecule has 0 spiro atoms. The zero-order valence-electron chi connectivity index (χ0n) is 10.8. The number of hydrazine groups is 1. The zero-order valence-corrected chi connectivity index (χ0v) is 10.8. The summed E-state index contributed by atoms with van der Waals surface area (Å²) in [7, 11) is 0. The highest BCUT2D eigenvalue weighted by atomic mass is 15.3. The van der Waals surface area contributed by atoms with Crippen LogP contribution in [0.15, 0.2) is 24.4 Å². The molecule has 4 N–H and O–H groups in total. The highest BCUT2D eigenvalue weighted by Gasteiger charge is 2.03. The largest absolute Gasteiger partial charge is 0.364 e. The van der Waals surface area contributed by atoms with Gasteiger partial charge in [0.15, 0.2) is 0 Å². The van der Waals surface area contributed by atoms with Crippen LogP contribution >= 0.6 is 0 Å². The molecule has 0 amide bonds. The molecule has 0 aliphatic heterocycles. The molecule has 0 fully saturated rings. The second-order valence-electron chi connectivity index (χ2n) is 4.02.